The molecule has 0 radical (unpaired) electrons. The summed E-state index contributed by atoms with van der Waals surface area (Å²) in [6, 6.07) is 2.51. The van der Waals surface area contributed by atoms with E-state index in [2.05, 4.69) is 24.7 Å². The Balaban J connectivity index is 2.92. The van der Waals surface area contributed by atoms with Gasteiger partial charge in [-0.25, -0.2) is 4.79 Å². The average molecular weight is 362 g/mol. The molecule has 0 aromatic heterocycles. The van der Waals surface area contributed by atoms with Gasteiger partial charge in [-0.2, -0.15) is 0 Å². The van der Waals surface area contributed by atoms with Gasteiger partial charge >= 0.3 is 11.9 Å². The zero-order valence-electron chi connectivity index (χ0n) is 15.9. The number of ether oxygens (including phenoxy) is 3. The van der Waals surface area contributed by atoms with Gasteiger partial charge in [0, 0.05) is 6.92 Å². The van der Waals surface area contributed by atoms with Crippen molar-refractivity contribution in [3.63, 3.8) is 0 Å². The number of rotatable bonds is 8. The number of aromatic hydroxyl groups is 1. The van der Waals surface area contributed by atoms with Gasteiger partial charge in [0.15, 0.2) is 11.5 Å². The Morgan fingerprint density at radius 1 is 1.12 bits per heavy atom. The summed E-state index contributed by atoms with van der Waals surface area (Å²) in [5.41, 5.74) is 2.47. The standard InChI is InChI=1S/C20H26O6/c1-13(2)7-6-8-14(3)9-10-25-19-17(22)11-16(20(23)24-5)12-18(19)26-15(4)21/h7,9,11-12,22H,6,8,10H2,1-5H3/b14-9+. The third-order valence-corrected chi connectivity index (χ3v) is 3.46. The lowest BCUT2D eigenvalue weighted by atomic mass is 10.1. The van der Waals surface area contributed by atoms with Gasteiger partial charge in [0.2, 0.25) is 5.75 Å². The maximum absolute atomic E-state index is 11.6. The van der Waals surface area contributed by atoms with Crippen LogP contribution in [0.15, 0.2) is 35.4 Å². The predicted octanol–water partition coefficient (Wildman–Crippen LogP) is 4.18. The second-order valence-corrected chi connectivity index (χ2v) is 6.09. The van der Waals surface area contributed by atoms with E-state index in [4.69, 9.17) is 9.47 Å². The molecular formula is C20H26O6. The van der Waals surface area contributed by atoms with E-state index in [-0.39, 0.29) is 29.4 Å². The number of allylic oxidation sites excluding steroid dienone is 3. The molecule has 0 unspecified atom stereocenters. The van der Waals surface area contributed by atoms with E-state index in [0.717, 1.165) is 18.4 Å². The lowest BCUT2D eigenvalue weighted by Crippen LogP contribution is -2.07. The zero-order chi connectivity index (χ0) is 19.7. The van der Waals surface area contributed by atoms with Gasteiger partial charge in [-0.15, -0.1) is 0 Å². The van der Waals surface area contributed by atoms with E-state index in [1.54, 1.807) is 0 Å². The molecule has 0 fully saturated rings. The first kappa shape index (κ1) is 21.3. The molecule has 1 aromatic rings. The molecule has 142 valence electrons. The minimum Gasteiger partial charge on any atom is -0.504 e. The van der Waals surface area contributed by atoms with E-state index in [9.17, 15) is 14.7 Å². The second kappa shape index (κ2) is 10.3. The minimum absolute atomic E-state index is 0.00111. The fraction of sp³-hybridized carbons (Fsp3) is 0.400. The monoisotopic (exact) mass is 362 g/mol. The third-order valence-electron chi connectivity index (χ3n) is 3.46. The predicted molar refractivity (Wildman–Crippen MR) is 98.7 cm³/mol. The van der Waals surface area contributed by atoms with Crippen LogP contribution >= 0.6 is 0 Å². The van der Waals surface area contributed by atoms with Crippen molar-refractivity contribution in [2.45, 2.75) is 40.5 Å². The molecule has 0 saturated carbocycles. The number of carbonyl (C=O) groups excluding carboxylic acids is 2. The van der Waals surface area contributed by atoms with Crippen LogP contribution in [0.1, 0.15) is 50.9 Å². The summed E-state index contributed by atoms with van der Waals surface area (Å²) < 4.78 is 15.2. The Morgan fingerprint density at radius 3 is 2.38 bits per heavy atom. The smallest absolute Gasteiger partial charge is 0.338 e. The lowest BCUT2D eigenvalue weighted by Gasteiger charge is -2.13. The molecule has 0 aliphatic carbocycles. The first-order chi connectivity index (χ1) is 12.2. The molecule has 0 saturated heterocycles. The largest absolute Gasteiger partial charge is 0.504 e. The Labute approximate surface area is 154 Å². The van der Waals surface area contributed by atoms with Gasteiger partial charge in [-0.05, 0) is 51.8 Å². The molecule has 0 spiro atoms. The van der Waals surface area contributed by atoms with Crippen LogP contribution in [0, 0.1) is 0 Å². The van der Waals surface area contributed by atoms with E-state index in [0.29, 0.717) is 0 Å². The Morgan fingerprint density at radius 2 is 1.81 bits per heavy atom. The maximum atomic E-state index is 11.6. The van der Waals surface area contributed by atoms with Crippen molar-refractivity contribution in [3.8, 4) is 17.2 Å². The summed E-state index contributed by atoms with van der Waals surface area (Å²) in [4.78, 5) is 22.9. The molecule has 1 rings (SSSR count). The summed E-state index contributed by atoms with van der Waals surface area (Å²) in [6.45, 7) is 7.52. The summed E-state index contributed by atoms with van der Waals surface area (Å²) in [7, 11) is 1.22. The summed E-state index contributed by atoms with van der Waals surface area (Å²) >= 11 is 0. The first-order valence-electron chi connectivity index (χ1n) is 8.30. The Bertz CT molecular complexity index is 711. The highest BCUT2D eigenvalue weighted by atomic mass is 16.6. The van der Waals surface area contributed by atoms with Crippen molar-refractivity contribution in [2.75, 3.05) is 13.7 Å². The van der Waals surface area contributed by atoms with Crippen LogP contribution in [0.5, 0.6) is 17.2 Å². The fourth-order valence-electron chi connectivity index (χ4n) is 2.16. The number of esters is 2. The number of phenols is 1. The molecule has 0 bridgehead atoms. The zero-order valence-corrected chi connectivity index (χ0v) is 15.9. The van der Waals surface area contributed by atoms with Crippen molar-refractivity contribution in [1.82, 2.24) is 0 Å². The van der Waals surface area contributed by atoms with E-state index < -0.39 is 11.9 Å². The van der Waals surface area contributed by atoms with Crippen LogP contribution in [0.2, 0.25) is 0 Å². The number of benzene rings is 1. The highest BCUT2D eigenvalue weighted by Crippen LogP contribution is 2.38. The highest BCUT2D eigenvalue weighted by molar-refractivity contribution is 5.91. The van der Waals surface area contributed by atoms with E-state index in [1.807, 2.05) is 13.0 Å². The van der Waals surface area contributed by atoms with Gasteiger partial charge in [0.1, 0.15) is 6.61 Å². The molecular weight excluding hydrogens is 336 g/mol. The van der Waals surface area contributed by atoms with E-state index >= 15 is 0 Å². The van der Waals surface area contributed by atoms with Crippen molar-refractivity contribution in [1.29, 1.82) is 0 Å². The molecule has 6 nitrogen and oxygen atoms in total. The van der Waals surface area contributed by atoms with Gasteiger partial charge in [0.25, 0.3) is 0 Å². The normalized spacial score (nSPS) is 10.9. The van der Waals surface area contributed by atoms with E-state index in [1.165, 1.54) is 31.7 Å². The number of phenolic OH excluding ortho intramolecular Hbond substituents is 1. The summed E-state index contributed by atoms with van der Waals surface area (Å²) in [6.07, 6.45) is 5.90. The van der Waals surface area contributed by atoms with Crippen LogP contribution in [-0.2, 0) is 9.53 Å². The van der Waals surface area contributed by atoms with Gasteiger partial charge in [-0.1, -0.05) is 17.2 Å². The van der Waals surface area contributed by atoms with Crippen molar-refractivity contribution >= 4 is 11.9 Å². The minimum atomic E-state index is -0.657. The quantitative estimate of drug-likeness (QED) is 0.424. The summed E-state index contributed by atoms with van der Waals surface area (Å²) in [5.74, 6) is -1.59. The topological polar surface area (TPSA) is 82.1 Å². The summed E-state index contributed by atoms with van der Waals surface area (Å²) in [5, 5.41) is 10.1. The molecule has 1 aromatic carbocycles. The molecule has 0 aliphatic rings. The Kier molecular flexibility index (Phi) is 8.42. The number of methoxy groups -OCH3 is 1. The molecule has 1 N–H and O–H groups in total. The second-order valence-electron chi connectivity index (χ2n) is 6.09. The molecule has 6 heteroatoms. The van der Waals surface area contributed by atoms with Gasteiger partial charge in [0.05, 0.1) is 12.7 Å². The highest BCUT2D eigenvalue weighted by Gasteiger charge is 2.18. The van der Waals surface area contributed by atoms with Crippen LogP contribution in [0.4, 0.5) is 0 Å². The number of hydrogen-bond donors (Lipinski definition) is 1. The maximum Gasteiger partial charge on any atom is 0.338 e. The molecule has 0 atom stereocenters. The molecule has 0 heterocycles. The molecule has 0 aliphatic heterocycles. The van der Waals surface area contributed by atoms with Gasteiger partial charge in [-0.3, -0.25) is 4.79 Å². The first-order valence-corrected chi connectivity index (χ1v) is 8.30. The van der Waals surface area contributed by atoms with Crippen molar-refractivity contribution < 1.29 is 28.9 Å². The van der Waals surface area contributed by atoms with Crippen LogP contribution in [0.3, 0.4) is 0 Å². The van der Waals surface area contributed by atoms with Gasteiger partial charge < -0.3 is 19.3 Å². The molecule has 26 heavy (non-hydrogen) atoms. The van der Waals surface area contributed by atoms with Crippen LogP contribution < -0.4 is 9.47 Å². The average Bonchev–Trinajstić information content (AvgIpc) is 2.55. The lowest BCUT2D eigenvalue weighted by molar-refractivity contribution is -0.132. The molecule has 0 amide bonds. The number of carbonyl (C=O) groups is 2. The Hall–Kier alpha value is -2.76. The fourth-order valence-corrected chi connectivity index (χ4v) is 2.16. The third kappa shape index (κ3) is 7.01. The van der Waals surface area contributed by atoms with Crippen molar-refractivity contribution in [3.05, 3.63) is 41.0 Å². The van der Waals surface area contributed by atoms with Crippen molar-refractivity contribution in [2.24, 2.45) is 0 Å². The number of hydrogen-bond acceptors (Lipinski definition) is 6. The van der Waals surface area contributed by atoms with Crippen LogP contribution in [-0.4, -0.2) is 30.8 Å². The van der Waals surface area contributed by atoms with Crippen LogP contribution in [0.25, 0.3) is 0 Å². The SMILES string of the molecule is COC(=O)c1cc(O)c(OC/C=C(\C)CCC=C(C)C)c(OC(C)=O)c1.